The minimum atomic E-state index is -3.34. The van der Waals surface area contributed by atoms with Gasteiger partial charge in [0.25, 0.3) is 6.02 Å². The Balaban J connectivity index is 1.63. The molecule has 1 spiro atoms. The summed E-state index contributed by atoms with van der Waals surface area (Å²) in [5, 5.41) is 0. The van der Waals surface area contributed by atoms with Crippen LogP contribution in [0.15, 0.2) is 70.6 Å². The average Bonchev–Trinajstić information content (AvgIpc) is 3.19. The third-order valence-corrected chi connectivity index (χ3v) is 7.15. The molecule has 2 heterocycles. The maximum atomic E-state index is 12.1. The Labute approximate surface area is 205 Å². The van der Waals surface area contributed by atoms with Gasteiger partial charge >= 0.3 is 0 Å². The summed E-state index contributed by atoms with van der Waals surface area (Å²) < 4.78 is 42.2. The number of fused-ring (bicyclic) bond motifs is 4. The SMILES string of the molecule is CC(C)(C)COc1ccc2c(c1)[C@]1(COC(N)=N1)c1cc(-c3cccc(S(C)(=O)=O)c3)ccc1O2. The molecule has 0 bridgehead atoms. The molecular formula is C27H28N2O5S. The fourth-order valence-corrected chi connectivity index (χ4v) is 4.98. The van der Waals surface area contributed by atoms with Gasteiger partial charge in [-0.1, -0.05) is 39.0 Å². The molecule has 3 aromatic rings. The lowest BCUT2D eigenvalue weighted by molar-refractivity contribution is 0.197. The second-order valence-electron chi connectivity index (χ2n) is 10.2. The highest BCUT2D eigenvalue weighted by atomic mass is 32.2. The van der Waals surface area contributed by atoms with Crippen LogP contribution in [0, 0.1) is 5.41 Å². The van der Waals surface area contributed by atoms with E-state index in [9.17, 15) is 8.42 Å². The number of amidine groups is 1. The molecule has 0 saturated heterocycles. The number of rotatable bonds is 4. The van der Waals surface area contributed by atoms with Crippen molar-refractivity contribution in [2.75, 3.05) is 19.5 Å². The third-order valence-electron chi connectivity index (χ3n) is 6.04. The van der Waals surface area contributed by atoms with E-state index >= 15 is 0 Å². The van der Waals surface area contributed by atoms with Crippen LogP contribution < -0.4 is 15.2 Å². The third kappa shape index (κ3) is 4.34. The smallest absolute Gasteiger partial charge is 0.283 e. The fourth-order valence-electron chi connectivity index (χ4n) is 4.31. The van der Waals surface area contributed by atoms with E-state index in [1.54, 1.807) is 18.2 Å². The van der Waals surface area contributed by atoms with Crippen molar-refractivity contribution in [1.82, 2.24) is 0 Å². The molecule has 8 heteroatoms. The minimum absolute atomic E-state index is 0.00511. The lowest BCUT2D eigenvalue weighted by atomic mass is 9.80. The van der Waals surface area contributed by atoms with Gasteiger partial charge in [-0.25, -0.2) is 13.4 Å². The normalized spacial score (nSPS) is 18.8. The summed E-state index contributed by atoms with van der Waals surface area (Å²) in [6, 6.07) is 18.4. The van der Waals surface area contributed by atoms with Gasteiger partial charge in [0.2, 0.25) is 0 Å². The minimum Gasteiger partial charge on any atom is -0.493 e. The summed E-state index contributed by atoms with van der Waals surface area (Å²) >= 11 is 0. The second-order valence-corrected chi connectivity index (χ2v) is 12.2. The molecule has 2 aliphatic heterocycles. The van der Waals surface area contributed by atoms with Crippen LogP contribution in [0.25, 0.3) is 11.1 Å². The summed E-state index contributed by atoms with van der Waals surface area (Å²) in [6.07, 6.45) is 1.20. The Hall–Kier alpha value is -3.52. The molecule has 0 radical (unpaired) electrons. The lowest BCUT2D eigenvalue weighted by Crippen LogP contribution is -2.31. The Morgan fingerprint density at radius 1 is 1.00 bits per heavy atom. The molecule has 0 aliphatic carbocycles. The molecule has 0 unspecified atom stereocenters. The van der Waals surface area contributed by atoms with Crippen LogP contribution in [0.3, 0.4) is 0 Å². The van der Waals surface area contributed by atoms with E-state index in [4.69, 9.17) is 24.9 Å². The maximum Gasteiger partial charge on any atom is 0.283 e. The first-order valence-electron chi connectivity index (χ1n) is 11.3. The number of nitrogens with two attached hydrogens (primary N) is 1. The maximum absolute atomic E-state index is 12.1. The zero-order chi connectivity index (χ0) is 25.0. The number of hydrogen-bond donors (Lipinski definition) is 1. The molecule has 0 saturated carbocycles. The van der Waals surface area contributed by atoms with Gasteiger partial charge in [-0.2, -0.15) is 0 Å². The van der Waals surface area contributed by atoms with E-state index in [-0.39, 0.29) is 22.9 Å². The molecule has 0 fully saturated rings. The van der Waals surface area contributed by atoms with Gasteiger partial charge in [-0.05, 0) is 59.0 Å². The van der Waals surface area contributed by atoms with Crippen molar-refractivity contribution >= 4 is 15.9 Å². The summed E-state index contributed by atoms with van der Waals surface area (Å²) in [7, 11) is -3.34. The zero-order valence-electron chi connectivity index (χ0n) is 20.2. The Bertz CT molecular complexity index is 1460. The van der Waals surface area contributed by atoms with Crippen molar-refractivity contribution in [2.24, 2.45) is 16.1 Å². The van der Waals surface area contributed by atoms with Crippen LogP contribution in [-0.4, -0.2) is 33.9 Å². The van der Waals surface area contributed by atoms with Gasteiger partial charge in [0, 0.05) is 17.4 Å². The molecule has 7 nitrogen and oxygen atoms in total. The van der Waals surface area contributed by atoms with E-state index in [0.717, 1.165) is 22.3 Å². The predicted octanol–water partition coefficient (Wildman–Crippen LogP) is 4.88. The Morgan fingerprint density at radius 2 is 1.69 bits per heavy atom. The van der Waals surface area contributed by atoms with Crippen molar-refractivity contribution in [3.63, 3.8) is 0 Å². The summed E-state index contributed by atoms with van der Waals surface area (Å²) in [6.45, 7) is 7.11. The number of aliphatic imine (C=N–C) groups is 1. The van der Waals surface area contributed by atoms with Crippen molar-refractivity contribution < 1.29 is 22.6 Å². The van der Waals surface area contributed by atoms with Crippen molar-refractivity contribution in [2.45, 2.75) is 31.2 Å². The van der Waals surface area contributed by atoms with Crippen LogP contribution in [0.1, 0.15) is 31.9 Å². The Morgan fingerprint density at radius 3 is 2.34 bits per heavy atom. The lowest BCUT2D eigenvalue weighted by Gasteiger charge is -2.34. The molecule has 0 aromatic heterocycles. The largest absolute Gasteiger partial charge is 0.493 e. The van der Waals surface area contributed by atoms with Crippen LogP contribution in [0.5, 0.6) is 17.2 Å². The first kappa shape index (κ1) is 23.2. The van der Waals surface area contributed by atoms with Crippen LogP contribution in [0.4, 0.5) is 0 Å². The molecule has 182 valence electrons. The molecule has 3 aromatic carbocycles. The second kappa shape index (κ2) is 8.02. The van der Waals surface area contributed by atoms with Gasteiger partial charge in [0.15, 0.2) is 15.4 Å². The predicted molar refractivity (Wildman–Crippen MR) is 135 cm³/mol. The summed E-state index contributed by atoms with van der Waals surface area (Å²) in [5.74, 6) is 2.02. The van der Waals surface area contributed by atoms with E-state index in [1.165, 1.54) is 6.26 Å². The first-order chi connectivity index (χ1) is 16.4. The van der Waals surface area contributed by atoms with Crippen LogP contribution in [-0.2, 0) is 20.1 Å². The monoisotopic (exact) mass is 492 g/mol. The molecule has 1 atom stereocenters. The summed E-state index contributed by atoms with van der Waals surface area (Å²) in [5.41, 5.74) is 8.32. The number of hydrogen-bond acceptors (Lipinski definition) is 7. The number of ether oxygens (including phenoxy) is 3. The number of benzene rings is 3. The van der Waals surface area contributed by atoms with Crippen LogP contribution >= 0.6 is 0 Å². The standard InChI is InChI=1S/C27H28N2O5S/c1-26(2,3)15-32-19-9-11-24-22(14-19)27(16-33-25(28)29-27)21-13-18(8-10-23(21)34-24)17-6-5-7-20(12-17)35(4,30)31/h5-14H,15-16H2,1-4H3,(H2,28,29)/t27-/m0/s1. The van der Waals surface area contributed by atoms with E-state index in [2.05, 4.69) is 20.8 Å². The highest BCUT2D eigenvalue weighted by Crippen LogP contribution is 2.52. The van der Waals surface area contributed by atoms with E-state index in [1.807, 2.05) is 42.5 Å². The first-order valence-corrected chi connectivity index (χ1v) is 13.2. The molecule has 2 aliphatic rings. The van der Waals surface area contributed by atoms with Gasteiger partial charge in [0.1, 0.15) is 23.9 Å². The van der Waals surface area contributed by atoms with Crippen LogP contribution in [0.2, 0.25) is 0 Å². The molecule has 0 amide bonds. The van der Waals surface area contributed by atoms with E-state index in [0.29, 0.717) is 23.9 Å². The van der Waals surface area contributed by atoms with Crippen molar-refractivity contribution in [3.8, 4) is 28.4 Å². The van der Waals surface area contributed by atoms with Crippen molar-refractivity contribution in [1.29, 1.82) is 0 Å². The van der Waals surface area contributed by atoms with Gasteiger partial charge in [-0.15, -0.1) is 0 Å². The highest BCUT2D eigenvalue weighted by Gasteiger charge is 2.47. The fraction of sp³-hybridized carbons (Fsp3) is 0.296. The van der Waals surface area contributed by atoms with Gasteiger partial charge in [-0.3, -0.25) is 0 Å². The zero-order valence-corrected chi connectivity index (χ0v) is 21.0. The highest BCUT2D eigenvalue weighted by molar-refractivity contribution is 7.90. The molecule has 2 N–H and O–H groups in total. The topological polar surface area (TPSA) is 100 Å². The van der Waals surface area contributed by atoms with Gasteiger partial charge in [0.05, 0.1) is 11.5 Å². The quantitative estimate of drug-likeness (QED) is 0.557. The van der Waals surface area contributed by atoms with Crippen molar-refractivity contribution in [3.05, 3.63) is 71.8 Å². The Kier molecular flexibility index (Phi) is 5.32. The molecule has 5 rings (SSSR count). The summed E-state index contributed by atoms with van der Waals surface area (Å²) in [4.78, 5) is 5.00. The van der Waals surface area contributed by atoms with Gasteiger partial charge < -0.3 is 19.9 Å². The number of sulfone groups is 1. The molecule has 35 heavy (non-hydrogen) atoms. The average molecular weight is 493 g/mol. The molecular weight excluding hydrogens is 464 g/mol. The van der Waals surface area contributed by atoms with E-state index < -0.39 is 15.4 Å². The number of nitrogens with zero attached hydrogens (tertiary/aromatic N) is 1.